The van der Waals surface area contributed by atoms with E-state index in [0.717, 1.165) is 29.8 Å². The molecule has 2 aromatic rings. The van der Waals surface area contributed by atoms with Gasteiger partial charge in [-0.25, -0.2) is 0 Å². The van der Waals surface area contributed by atoms with E-state index in [1.807, 2.05) is 6.08 Å². The molecule has 0 spiro atoms. The van der Waals surface area contributed by atoms with Gasteiger partial charge < -0.3 is 14.8 Å². The Morgan fingerprint density at radius 2 is 1.65 bits per heavy atom. The maximum absolute atomic E-state index is 12.7. The molecule has 0 heterocycles. The number of hydrogen-bond donors (Lipinski definition) is 1. The number of allylic oxidation sites excluding steroid dienone is 1. The summed E-state index contributed by atoms with van der Waals surface area (Å²) >= 11 is 0. The van der Waals surface area contributed by atoms with Crippen molar-refractivity contribution in [2.75, 3.05) is 14.2 Å². The van der Waals surface area contributed by atoms with Gasteiger partial charge in [0.15, 0.2) is 0 Å². The van der Waals surface area contributed by atoms with E-state index in [4.69, 9.17) is 9.47 Å². The van der Waals surface area contributed by atoms with Crippen molar-refractivity contribution in [2.45, 2.75) is 24.6 Å². The SMILES string of the molecule is COC(=O)[C@H](c1ccc(OC)cc1)[C@H]1C=C[C@H](NC(=O)c2ccc(C(F)(F)F)cc2)C1. The second-order valence-electron chi connectivity index (χ2n) is 7.21. The Morgan fingerprint density at radius 1 is 1.00 bits per heavy atom. The number of rotatable bonds is 6. The molecular formula is C23H22F3NO4. The van der Waals surface area contributed by atoms with Gasteiger partial charge in [-0.3, -0.25) is 9.59 Å². The Morgan fingerprint density at radius 3 is 2.19 bits per heavy atom. The second kappa shape index (κ2) is 9.24. The Kier molecular flexibility index (Phi) is 6.68. The van der Waals surface area contributed by atoms with Crippen LogP contribution in [0.15, 0.2) is 60.7 Å². The van der Waals surface area contributed by atoms with E-state index >= 15 is 0 Å². The molecule has 164 valence electrons. The molecule has 0 radical (unpaired) electrons. The second-order valence-corrected chi connectivity index (χ2v) is 7.21. The predicted octanol–water partition coefficient (Wildman–Crippen LogP) is 4.35. The van der Waals surface area contributed by atoms with Crippen LogP contribution in [0.5, 0.6) is 5.75 Å². The number of benzene rings is 2. The molecule has 5 nitrogen and oxygen atoms in total. The van der Waals surface area contributed by atoms with Gasteiger partial charge in [-0.2, -0.15) is 13.2 Å². The number of nitrogens with one attached hydrogen (secondary N) is 1. The van der Waals surface area contributed by atoms with Crippen molar-refractivity contribution in [3.63, 3.8) is 0 Å². The third kappa shape index (κ3) is 5.25. The highest BCUT2D eigenvalue weighted by Crippen LogP contribution is 2.35. The van der Waals surface area contributed by atoms with Crippen LogP contribution < -0.4 is 10.1 Å². The molecule has 0 unspecified atom stereocenters. The predicted molar refractivity (Wildman–Crippen MR) is 108 cm³/mol. The number of alkyl halides is 3. The molecule has 8 heteroatoms. The van der Waals surface area contributed by atoms with Gasteiger partial charge in [-0.1, -0.05) is 24.3 Å². The van der Waals surface area contributed by atoms with Crippen LogP contribution in [-0.4, -0.2) is 32.1 Å². The molecule has 3 rings (SSSR count). The van der Waals surface area contributed by atoms with Crippen molar-refractivity contribution in [3.05, 3.63) is 77.4 Å². The smallest absolute Gasteiger partial charge is 0.416 e. The number of carbonyl (C=O) groups is 2. The average Bonchev–Trinajstić information content (AvgIpc) is 3.21. The number of halogens is 3. The molecule has 1 amide bonds. The Balaban J connectivity index is 1.68. The number of amides is 1. The molecule has 0 aromatic heterocycles. The minimum absolute atomic E-state index is 0.129. The van der Waals surface area contributed by atoms with Crippen LogP contribution in [0.2, 0.25) is 0 Å². The molecule has 1 N–H and O–H groups in total. The maximum atomic E-state index is 12.7. The Bertz CT molecular complexity index is 952. The summed E-state index contributed by atoms with van der Waals surface area (Å²) in [5, 5.41) is 2.79. The number of ether oxygens (including phenoxy) is 2. The third-order valence-electron chi connectivity index (χ3n) is 5.27. The van der Waals surface area contributed by atoms with E-state index in [-0.39, 0.29) is 17.5 Å². The summed E-state index contributed by atoms with van der Waals surface area (Å²) in [6.07, 6.45) is -0.366. The first-order chi connectivity index (χ1) is 14.7. The molecule has 0 fully saturated rings. The normalized spacial score (nSPS) is 19.0. The number of carbonyl (C=O) groups excluding carboxylic acids is 2. The summed E-state index contributed by atoms with van der Waals surface area (Å²) in [5.41, 5.74) is 0.0758. The van der Waals surface area contributed by atoms with Crippen molar-refractivity contribution in [3.8, 4) is 5.75 Å². The lowest BCUT2D eigenvalue weighted by molar-refractivity contribution is -0.143. The lowest BCUT2D eigenvalue weighted by atomic mass is 9.85. The van der Waals surface area contributed by atoms with Crippen LogP contribution in [-0.2, 0) is 15.7 Å². The summed E-state index contributed by atoms with van der Waals surface area (Å²) in [5.74, 6) is -0.979. The van der Waals surface area contributed by atoms with Gasteiger partial charge in [0, 0.05) is 11.6 Å². The van der Waals surface area contributed by atoms with Gasteiger partial charge in [-0.15, -0.1) is 0 Å². The first kappa shape index (κ1) is 22.4. The molecule has 3 atom stereocenters. The average molecular weight is 433 g/mol. The van der Waals surface area contributed by atoms with Crippen LogP contribution >= 0.6 is 0 Å². The zero-order valence-corrected chi connectivity index (χ0v) is 17.0. The van der Waals surface area contributed by atoms with Crippen LogP contribution in [0.1, 0.15) is 33.8 Å². The topological polar surface area (TPSA) is 64.6 Å². The highest BCUT2D eigenvalue weighted by Gasteiger charge is 2.34. The van der Waals surface area contributed by atoms with E-state index in [1.54, 1.807) is 37.5 Å². The van der Waals surface area contributed by atoms with E-state index in [2.05, 4.69) is 5.32 Å². The minimum atomic E-state index is -4.46. The number of hydrogen-bond acceptors (Lipinski definition) is 4. The summed E-state index contributed by atoms with van der Waals surface area (Å²) in [6.45, 7) is 0. The molecule has 0 saturated heterocycles. The van der Waals surface area contributed by atoms with Crippen LogP contribution in [0.4, 0.5) is 13.2 Å². The zero-order valence-electron chi connectivity index (χ0n) is 17.0. The fourth-order valence-corrected chi connectivity index (χ4v) is 3.64. The Hall–Kier alpha value is -3.29. The molecule has 0 bridgehead atoms. The summed E-state index contributed by atoms with van der Waals surface area (Å²) in [6, 6.07) is 10.8. The fraction of sp³-hybridized carbons (Fsp3) is 0.304. The van der Waals surface area contributed by atoms with Crippen LogP contribution in [0, 0.1) is 5.92 Å². The molecule has 31 heavy (non-hydrogen) atoms. The summed E-state index contributed by atoms with van der Waals surface area (Å²) in [7, 11) is 2.87. The van der Waals surface area contributed by atoms with Gasteiger partial charge in [0.05, 0.1) is 25.7 Å². The third-order valence-corrected chi connectivity index (χ3v) is 5.27. The molecule has 0 saturated carbocycles. The Labute approximate surface area is 177 Å². The molecule has 1 aliphatic carbocycles. The summed E-state index contributed by atoms with van der Waals surface area (Å²) < 4.78 is 48.2. The van der Waals surface area contributed by atoms with Crippen molar-refractivity contribution in [2.24, 2.45) is 5.92 Å². The van der Waals surface area contributed by atoms with Crippen molar-refractivity contribution < 1.29 is 32.2 Å². The van der Waals surface area contributed by atoms with Gasteiger partial charge in [-0.05, 0) is 54.3 Å². The summed E-state index contributed by atoms with van der Waals surface area (Å²) in [4.78, 5) is 24.9. The van der Waals surface area contributed by atoms with Crippen molar-refractivity contribution >= 4 is 11.9 Å². The standard InChI is InChI=1S/C23H22F3NO4/c1-30-19-11-6-14(7-12-19)20(22(29)31-2)16-5-10-18(13-16)27-21(28)15-3-8-17(9-4-15)23(24,25)26/h3-12,16,18,20H,13H2,1-2H3,(H,27,28)/t16-,18-,20+/m0/s1. The van der Waals surface area contributed by atoms with E-state index in [9.17, 15) is 22.8 Å². The molecule has 1 aliphatic rings. The number of esters is 1. The lowest BCUT2D eigenvalue weighted by Crippen LogP contribution is -2.33. The molecule has 0 aliphatic heterocycles. The molecular weight excluding hydrogens is 411 g/mol. The van der Waals surface area contributed by atoms with Gasteiger partial charge in [0.2, 0.25) is 0 Å². The largest absolute Gasteiger partial charge is 0.497 e. The fourth-order valence-electron chi connectivity index (χ4n) is 3.64. The number of methoxy groups -OCH3 is 2. The van der Waals surface area contributed by atoms with E-state index in [0.29, 0.717) is 12.2 Å². The highest BCUT2D eigenvalue weighted by atomic mass is 19.4. The van der Waals surface area contributed by atoms with E-state index < -0.39 is 29.5 Å². The van der Waals surface area contributed by atoms with Gasteiger partial charge >= 0.3 is 12.1 Å². The monoisotopic (exact) mass is 433 g/mol. The zero-order chi connectivity index (χ0) is 22.6. The molecule has 2 aromatic carbocycles. The van der Waals surface area contributed by atoms with E-state index in [1.165, 1.54) is 7.11 Å². The van der Waals surface area contributed by atoms with Crippen LogP contribution in [0.3, 0.4) is 0 Å². The quantitative estimate of drug-likeness (QED) is 0.544. The highest BCUT2D eigenvalue weighted by molar-refractivity contribution is 5.94. The van der Waals surface area contributed by atoms with Crippen molar-refractivity contribution in [1.82, 2.24) is 5.32 Å². The van der Waals surface area contributed by atoms with Crippen molar-refractivity contribution in [1.29, 1.82) is 0 Å². The van der Waals surface area contributed by atoms with Gasteiger partial charge in [0.25, 0.3) is 5.91 Å². The van der Waals surface area contributed by atoms with Crippen LogP contribution in [0.25, 0.3) is 0 Å². The maximum Gasteiger partial charge on any atom is 0.416 e. The first-order valence-corrected chi connectivity index (χ1v) is 9.61. The first-order valence-electron chi connectivity index (χ1n) is 9.61. The lowest BCUT2D eigenvalue weighted by Gasteiger charge is -2.22. The minimum Gasteiger partial charge on any atom is -0.497 e. The van der Waals surface area contributed by atoms with Gasteiger partial charge in [0.1, 0.15) is 5.75 Å².